The van der Waals surface area contributed by atoms with Crippen LogP contribution in [0.5, 0.6) is 0 Å². The number of aromatic nitrogens is 1. The molecule has 1 heterocycles. The van der Waals surface area contributed by atoms with Gasteiger partial charge in [-0.05, 0) is 34.1 Å². The number of hydrogen-bond acceptors (Lipinski definition) is 3. The summed E-state index contributed by atoms with van der Waals surface area (Å²) in [4.78, 5) is 4.36. The first-order chi connectivity index (χ1) is 7.22. The zero-order chi connectivity index (χ0) is 12.4. The fourth-order valence-electron chi connectivity index (χ4n) is 1.02. The first kappa shape index (κ1) is 14.3. The van der Waals surface area contributed by atoms with E-state index < -0.39 is 8.32 Å². The molecule has 2 nitrogen and oxygen atoms in total. The van der Waals surface area contributed by atoms with Crippen molar-refractivity contribution in [3.05, 3.63) is 15.0 Å². The molecule has 16 heavy (non-hydrogen) atoms. The molecule has 0 radical (unpaired) electrons. The summed E-state index contributed by atoms with van der Waals surface area (Å²) in [6, 6.07) is 0. The Morgan fingerprint density at radius 1 is 1.44 bits per heavy atom. The highest BCUT2D eigenvalue weighted by Crippen LogP contribution is 2.36. The van der Waals surface area contributed by atoms with Gasteiger partial charge in [-0.15, -0.1) is 11.3 Å². The molecule has 0 aromatic carbocycles. The highest BCUT2D eigenvalue weighted by atomic mass is 79.9. The molecule has 0 N–H and O–H groups in total. The van der Waals surface area contributed by atoms with Crippen LogP contribution in [0.2, 0.25) is 18.1 Å². The van der Waals surface area contributed by atoms with E-state index in [0.29, 0.717) is 0 Å². The van der Waals surface area contributed by atoms with Crippen LogP contribution in [0.4, 0.5) is 0 Å². The van der Waals surface area contributed by atoms with E-state index in [0.717, 1.165) is 22.6 Å². The maximum absolute atomic E-state index is 6.10. The van der Waals surface area contributed by atoms with E-state index in [4.69, 9.17) is 4.43 Å². The van der Waals surface area contributed by atoms with Crippen LogP contribution in [0, 0.1) is 0 Å². The Kier molecular flexibility index (Phi) is 4.74. The molecule has 0 fully saturated rings. The highest BCUT2D eigenvalue weighted by molar-refractivity contribution is 9.11. The summed E-state index contributed by atoms with van der Waals surface area (Å²) in [5, 5.41) is 2.37. The van der Waals surface area contributed by atoms with Crippen molar-refractivity contribution in [2.45, 2.75) is 45.3 Å². The largest absolute Gasteiger partial charge is 0.416 e. The number of rotatable bonds is 4. The van der Waals surface area contributed by atoms with Crippen molar-refractivity contribution in [3.8, 4) is 0 Å². The van der Waals surface area contributed by atoms with Crippen LogP contribution >= 0.6 is 27.3 Å². The summed E-state index contributed by atoms with van der Waals surface area (Å²) in [5.74, 6) is 0. The van der Waals surface area contributed by atoms with Gasteiger partial charge in [-0.3, -0.25) is 0 Å². The smallest absolute Gasteiger partial charge is 0.191 e. The van der Waals surface area contributed by atoms with E-state index in [9.17, 15) is 0 Å². The van der Waals surface area contributed by atoms with Crippen LogP contribution in [-0.4, -0.2) is 19.9 Å². The minimum atomic E-state index is -1.59. The third-order valence-corrected chi connectivity index (χ3v) is 9.10. The molecule has 1 aromatic heterocycles. The molecule has 0 aliphatic rings. The maximum atomic E-state index is 6.10. The van der Waals surface area contributed by atoms with Crippen molar-refractivity contribution in [3.63, 3.8) is 0 Å². The summed E-state index contributed by atoms with van der Waals surface area (Å²) >= 11 is 5.00. The van der Waals surface area contributed by atoms with Crippen LogP contribution in [0.25, 0.3) is 0 Å². The van der Waals surface area contributed by atoms with Gasteiger partial charge < -0.3 is 4.43 Å². The third kappa shape index (κ3) is 3.94. The molecule has 0 spiro atoms. The standard InChI is InChI=1S/C11H20BrNOSSi/c1-11(2,3)16(4,5)14-7-6-9-8-15-10(12)13-9/h8H,6-7H2,1-5H3. The second-order valence-electron chi connectivity index (χ2n) is 5.45. The zero-order valence-corrected chi connectivity index (χ0v) is 14.0. The van der Waals surface area contributed by atoms with Gasteiger partial charge in [0, 0.05) is 18.4 Å². The van der Waals surface area contributed by atoms with Crippen molar-refractivity contribution in [1.29, 1.82) is 0 Å². The predicted octanol–water partition coefficient (Wildman–Crippen LogP) is 4.47. The van der Waals surface area contributed by atoms with Crippen molar-refractivity contribution in [2.24, 2.45) is 0 Å². The quantitative estimate of drug-likeness (QED) is 0.763. The Bertz CT molecular complexity index is 346. The maximum Gasteiger partial charge on any atom is 0.191 e. The van der Waals surface area contributed by atoms with E-state index in [1.807, 2.05) is 0 Å². The van der Waals surface area contributed by atoms with Gasteiger partial charge >= 0.3 is 0 Å². The van der Waals surface area contributed by atoms with Crippen LogP contribution in [-0.2, 0) is 10.8 Å². The summed E-state index contributed by atoms with van der Waals surface area (Å²) in [5.41, 5.74) is 1.12. The van der Waals surface area contributed by atoms with E-state index in [1.54, 1.807) is 11.3 Å². The minimum Gasteiger partial charge on any atom is -0.416 e. The molecule has 0 aliphatic heterocycles. The second-order valence-corrected chi connectivity index (χ2v) is 12.4. The van der Waals surface area contributed by atoms with Crippen LogP contribution in [0.15, 0.2) is 9.30 Å². The van der Waals surface area contributed by atoms with Gasteiger partial charge in [0.1, 0.15) is 0 Å². The Labute approximate surface area is 112 Å². The SMILES string of the molecule is CC(C)(C)[Si](C)(C)OCCc1csc(Br)n1. The molecule has 1 aromatic rings. The second kappa shape index (κ2) is 5.29. The summed E-state index contributed by atoms with van der Waals surface area (Å²) in [7, 11) is -1.59. The monoisotopic (exact) mass is 321 g/mol. The molecule has 1 rings (SSSR count). The van der Waals surface area contributed by atoms with Crippen molar-refractivity contribution in [1.82, 2.24) is 4.98 Å². The minimum absolute atomic E-state index is 0.287. The Balaban J connectivity index is 2.41. The van der Waals surface area contributed by atoms with Gasteiger partial charge in [0.05, 0.1) is 5.69 Å². The molecule has 0 aliphatic carbocycles. The van der Waals surface area contributed by atoms with Crippen LogP contribution < -0.4 is 0 Å². The van der Waals surface area contributed by atoms with Gasteiger partial charge in [-0.25, -0.2) is 4.98 Å². The first-order valence-corrected chi connectivity index (χ1v) is 10.0. The topological polar surface area (TPSA) is 22.1 Å². The van der Waals surface area contributed by atoms with Gasteiger partial charge in [-0.1, -0.05) is 20.8 Å². The number of thiazole rings is 1. The molecule has 0 unspecified atom stereocenters. The first-order valence-electron chi connectivity index (χ1n) is 5.46. The zero-order valence-electron chi connectivity index (χ0n) is 10.6. The number of hydrogen-bond donors (Lipinski definition) is 0. The van der Waals surface area contributed by atoms with Crippen molar-refractivity contribution < 1.29 is 4.43 Å². The highest BCUT2D eigenvalue weighted by Gasteiger charge is 2.36. The summed E-state index contributed by atoms with van der Waals surface area (Å²) < 4.78 is 7.05. The predicted molar refractivity (Wildman–Crippen MR) is 76.7 cm³/mol. The molecule has 0 bridgehead atoms. The summed E-state index contributed by atoms with van der Waals surface area (Å²) in [6.45, 7) is 12.1. The number of halogens is 1. The molecule has 0 saturated carbocycles. The molecule has 0 saturated heterocycles. The fraction of sp³-hybridized carbons (Fsp3) is 0.727. The fourth-order valence-corrected chi connectivity index (χ4v) is 3.15. The van der Waals surface area contributed by atoms with Gasteiger partial charge in [0.15, 0.2) is 12.2 Å². The Morgan fingerprint density at radius 3 is 2.50 bits per heavy atom. The van der Waals surface area contributed by atoms with Crippen LogP contribution in [0.3, 0.4) is 0 Å². The van der Waals surface area contributed by atoms with Gasteiger partial charge in [0.2, 0.25) is 0 Å². The van der Waals surface area contributed by atoms with E-state index in [2.05, 4.69) is 60.2 Å². The molecule has 0 amide bonds. The third-order valence-electron chi connectivity index (χ3n) is 3.15. The molecular formula is C11H20BrNOSSi. The Hall–Kier alpha value is 0.287. The molecule has 5 heteroatoms. The average Bonchev–Trinajstić information content (AvgIpc) is 2.49. The van der Waals surface area contributed by atoms with E-state index in [-0.39, 0.29) is 5.04 Å². The van der Waals surface area contributed by atoms with Gasteiger partial charge in [-0.2, -0.15) is 0 Å². The van der Waals surface area contributed by atoms with Crippen molar-refractivity contribution in [2.75, 3.05) is 6.61 Å². The lowest BCUT2D eigenvalue weighted by Crippen LogP contribution is -2.41. The lowest BCUT2D eigenvalue weighted by Gasteiger charge is -2.36. The van der Waals surface area contributed by atoms with Crippen molar-refractivity contribution >= 4 is 35.6 Å². The summed E-state index contributed by atoms with van der Waals surface area (Å²) in [6.07, 6.45) is 0.911. The average molecular weight is 322 g/mol. The molecular weight excluding hydrogens is 302 g/mol. The molecule has 92 valence electrons. The lowest BCUT2D eigenvalue weighted by molar-refractivity contribution is 0.291. The van der Waals surface area contributed by atoms with Gasteiger partial charge in [0.25, 0.3) is 0 Å². The normalized spacial score (nSPS) is 13.1. The lowest BCUT2D eigenvalue weighted by atomic mass is 10.2. The number of nitrogens with zero attached hydrogens (tertiary/aromatic N) is 1. The van der Waals surface area contributed by atoms with E-state index >= 15 is 0 Å². The Morgan fingerprint density at radius 2 is 2.06 bits per heavy atom. The van der Waals surface area contributed by atoms with E-state index in [1.165, 1.54) is 0 Å². The molecule has 0 atom stereocenters. The van der Waals surface area contributed by atoms with Crippen LogP contribution in [0.1, 0.15) is 26.5 Å².